The molecule has 1 aromatic heterocycles. The van der Waals surface area contributed by atoms with E-state index in [4.69, 9.17) is 5.73 Å². The van der Waals surface area contributed by atoms with Gasteiger partial charge in [0.05, 0.1) is 5.69 Å². The van der Waals surface area contributed by atoms with Crippen molar-refractivity contribution >= 4 is 11.8 Å². The minimum absolute atomic E-state index is 0.343. The van der Waals surface area contributed by atoms with Gasteiger partial charge in [-0.1, -0.05) is 0 Å². The molecule has 3 N–H and O–H groups in total. The van der Waals surface area contributed by atoms with Crippen molar-refractivity contribution in [3.8, 4) is 5.69 Å². The van der Waals surface area contributed by atoms with Crippen LogP contribution in [0.5, 0.6) is 0 Å². The number of rotatable bonds is 4. The number of hydrogen-bond acceptors (Lipinski definition) is 4. The van der Waals surface area contributed by atoms with Gasteiger partial charge in [0.1, 0.15) is 18.7 Å². The minimum atomic E-state index is -0.710. The molecule has 2 rings (SSSR count). The number of hydrogen-bond donors (Lipinski definition) is 2. The maximum absolute atomic E-state index is 12.0. The molecule has 0 radical (unpaired) electrons. The predicted molar refractivity (Wildman–Crippen MR) is 72.2 cm³/mol. The number of amides is 2. The van der Waals surface area contributed by atoms with Crippen LogP contribution in [0.1, 0.15) is 22.8 Å². The summed E-state index contributed by atoms with van der Waals surface area (Å²) in [6.45, 7) is 3.40. The highest BCUT2D eigenvalue weighted by molar-refractivity contribution is 5.97. The molecule has 1 unspecified atom stereocenters. The van der Waals surface area contributed by atoms with Crippen molar-refractivity contribution in [1.82, 2.24) is 20.1 Å². The van der Waals surface area contributed by atoms with Crippen LogP contribution in [0.25, 0.3) is 5.69 Å². The van der Waals surface area contributed by atoms with Crippen molar-refractivity contribution in [1.29, 1.82) is 0 Å². The van der Waals surface area contributed by atoms with Gasteiger partial charge in [-0.05, 0) is 37.6 Å². The molecule has 0 bridgehead atoms. The van der Waals surface area contributed by atoms with Gasteiger partial charge in [-0.15, -0.1) is 0 Å². The Bertz CT molecular complexity index is 636. The van der Waals surface area contributed by atoms with Gasteiger partial charge in [0.15, 0.2) is 0 Å². The number of aromatic nitrogens is 3. The highest BCUT2D eigenvalue weighted by Crippen LogP contribution is 2.14. The average molecular weight is 273 g/mol. The van der Waals surface area contributed by atoms with E-state index in [9.17, 15) is 9.59 Å². The molecule has 104 valence electrons. The van der Waals surface area contributed by atoms with Gasteiger partial charge in [-0.25, -0.2) is 9.67 Å². The monoisotopic (exact) mass is 273 g/mol. The summed E-state index contributed by atoms with van der Waals surface area (Å²) < 4.78 is 1.61. The lowest BCUT2D eigenvalue weighted by Gasteiger charge is -2.11. The van der Waals surface area contributed by atoms with Gasteiger partial charge in [0, 0.05) is 5.56 Å². The molecule has 7 heteroatoms. The van der Waals surface area contributed by atoms with Crippen LogP contribution >= 0.6 is 0 Å². The van der Waals surface area contributed by atoms with Crippen LogP contribution in [0.2, 0.25) is 0 Å². The van der Waals surface area contributed by atoms with Crippen molar-refractivity contribution < 1.29 is 9.59 Å². The lowest BCUT2D eigenvalue weighted by Crippen LogP contribution is -2.42. The quantitative estimate of drug-likeness (QED) is 0.829. The summed E-state index contributed by atoms with van der Waals surface area (Å²) in [5, 5.41) is 6.57. The Morgan fingerprint density at radius 1 is 1.40 bits per heavy atom. The van der Waals surface area contributed by atoms with E-state index in [2.05, 4.69) is 15.4 Å². The highest BCUT2D eigenvalue weighted by atomic mass is 16.2. The SMILES string of the molecule is Cc1cc(C(=O)NC(C)C(N)=O)ccc1-n1cncn1. The van der Waals surface area contributed by atoms with Crippen molar-refractivity contribution in [3.63, 3.8) is 0 Å². The molecular weight excluding hydrogens is 258 g/mol. The van der Waals surface area contributed by atoms with Crippen LogP contribution in [0.15, 0.2) is 30.9 Å². The predicted octanol–water partition coefficient (Wildman–Crippen LogP) is 0.179. The lowest BCUT2D eigenvalue weighted by atomic mass is 10.1. The maximum Gasteiger partial charge on any atom is 0.251 e. The van der Waals surface area contributed by atoms with E-state index in [1.807, 2.05) is 6.92 Å². The van der Waals surface area contributed by atoms with E-state index in [1.54, 1.807) is 29.2 Å². The molecule has 0 aliphatic heterocycles. The van der Waals surface area contributed by atoms with E-state index in [1.165, 1.54) is 13.3 Å². The van der Waals surface area contributed by atoms with Crippen LogP contribution in [-0.4, -0.2) is 32.6 Å². The number of nitrogens with two attached hydrogens (primary N) is 1. The number of carbonyl (C=O) groups is 2. The molecule has 0 aliphatic carbocycles. The summed E-state index contributed by atoms with van der Waals surface area (Å²) in [5.41, 5.74) is 7.27. The van der Waals surface area contributed by atoms with Crippen molar-refractivity contribution in [2.75, 3.05) is 0 Å². The Hall–Kier alpha value is -2.70. The van der Waals surface area contributed by atoms with E-state index in [-0.39, 0.29) is 5.91 Å². The summed E-state index contributed by atoms with van der Waals surface area (Å²) in [6, 6.07) is 4.44. The number of carbonyl (C=O) groups excluding carboxylic acids is 2. The Kier molecular flexibility index (Phi) is 3.79. The van der Waals surface area contributed by atoms with Crippen molar-refractivity contribution in [3.05, 3.63) is 42.0 Å². The third kappa shape index (κ3) is 2.82. The van der Waals surface area contributed by atoms with E-state index < -0.39 is 11.9 Å². The van der Waals surface area contributed by atoms with E-state index >= 15 is 0 Å². The zero-order chi connectivity index (χ0) is 14.7. The molecule has 0 saturated carbocycles. The minimum Gasteiger partial charge on any atom is -0.368 e. The van der Waals surface area contributed by atoms with Crippen molar-refractivity contribution in [2.45, 2.75) is 19.9 Å². The fourth-order valence-electron chi connectivity index (χ4n) is 1.74. The third-order valence-corrected chi connectivity index (χ3v) is 2.90. The number of aryl methyl sites for hydroxylation is 1. The summed E-state index contributed by atoms with van der Waals surface area (Å²) in [5.74, 6) is -0.918. The molecule has 1 atom stereocenters. The summed E-state index contributed by atoms with van der Waals surface area (Å²) in [6.07, 6.45) is 3.02. The Morgan fingerprint density at radius 2 is 2.15 bits per heavy atom. The zero-order valence-corrected chi connectivity index (χ0v) is 11.2. The van der Waals surface area contributed by atoms with Crippen LogP contribution < -0.4 is 11.1 Å². The first-order valence-electron chi connectivity index (χ1n) is 6.05. The van der Waals surface area contributed by atoms with Crippen molar-refractivity contribution in [2.24, 2.45) is 5.73 Å². The smallest absolute Gasteiger partial charge is 0.251 e. The van der Waals surface area contributed by atoms with Gasteiger partial charge in [0.2, 0.25) is 5.91 Å². The van der Waals surface area contributed by atoms with Gasteiger partial charge in [0.25, 0.3) is 5.91 Å². The third-order valence-electron chi connectivity index (χ3n) is 2.90. The van der Waals surface area contributed by atoms with Gasteiger partial charge >= 0.3 is 0 Å². The standard InChI is InChI=1S/C13H15N5O2/c1-8-5-10(13(20)17-9(2)12(14)19)3-4-11(8)18-7-15-6-16-18/h3-7,9H,1-2H3,(H2,14,19)(H,17,20). The van der Waals surface area contributed by atoms with Crippen LogP contribution in [0, 0.1) is 6.92 Å². The van der Waals surface area contributed by atoms with Gasteiger partial charge in [-0.3, -0.25) is 9.59 Å². The molecule has 0 fully saturated rings. The largest absolute Gasteiger partial charge is 0.368 e. The summed E-state index contributed by atoms with van der Waals surface area (Å²) in [4.78, 5) is 26.8. The Morgan fingerprint density at radius 3 is 2.70 bits per heavy atom. The molecule has 1 heterocycles. The first-order chi connectivity index (χ1) is 9.49. The molecule has 1 aromatic carbocycles. The lowest BCUT2D eigenvalue weighted by molar-refractivity contribution is -0.119. The summed E-state index contributed by atoms with van der Waals surface area (Å²) in [7, 11) is 0. The van der Waals surface area contributed by atoms with E-state index in [0.717, 1.165) is 11.3 Å². The molecule has 2 amide bonds. The van der Waals surface area contributed by atoms with Gasteiger partial charge in [-0.2, -0.15) is 5.10 Å². The van der Waals surface area contributed by atoms with Crippen LogP contribution in [0.3, 0.4) is 0 Å². The second-order valence-electron chi connectivity index (χ2n) is 4.44. The fraction of sp³-hybridized carbons (Fsp3) is 0.231. The topological polar surface area (TPSA) is 103 Å². The second-order valence-corrected chi connectivity index (χ2v) is 4.44. The number of nitrogens with one attached hydrogen (secondary N) is 1. The molecule has 0 spiro atoms. The molecule has 20 heavy (non-hydrogen) atoms. The maximum atomic E-state index is 12.0. The average Bonchev–Trinajstić information content (AvgIpc) is 2.92. The molecule has 7 nitrogen and oxygen atoms in total. The molecule has 0 aliphatic rings. The Labute approximate surface area is 115 Å². The molecular formula is C13H15N5O2. The highest BCUT2D eigenvalue weighted by Gasteiger charge is 2.14. The normalized spacial score (nSPS) is 11.9. The molecule has 0 saturated heterocycles. The van der Waals surface area contributed by atoms with Gasteiger partial charge < -0.3 is 11.1 Å². The second kappa shape index (κ2) is 5.52. The number of primary amides is 1. The van der Waals surface area contributed by atoms with Crippen LogP contribution in [-0.2, 0) is 4.79 Å². The van der Waals surface area contributed by atoms with E-state index in [0.29, 0.717) is 5.56 Å². The number of nitrogens with zero attached hydrogens (tertiary/aromatic N) is 3. The Balaban J connectivity index is 2.21. The first kappa shape index (κ1) is 13.7. The van der Waals surface area contributed by atoms with Crippen LogP contribution in [0.4, 0.5) is 0 Å². The fourth-order valence-corrected chi connectivity index (χ4v) is 1.74. The number of benzene rings is 1. The summed E-state index contributed by atoms with van der Waals surface area (Å²) >= 11 is 0. The first-order valence-corrected chi connectivity index (χ1v) is 6.05. The zero-order valence-electron chi connectivity index (χ0n) is 11.2. The molecule has 2 aromatic rings.